The minimum absolute atomic E-state index is 1.24. The Bertz CT molecular complexity index is 2790. The van der Waals surface area contributed by atoms with Crippen molar-refractivity contribution in [1.82, 2.24) is 0 Å². The van der Waals surface area contributed by atoms with Crippen molar-refractivity contribution < 1.29 is 0 Å². The Morgan fingerprint density at radius 3 is 1.57 bits per heavy atom. The fourth-order valence-corrected chi connectivity index (χ4v) is 9.06. The summed E-state index contributed by atoms with van der Waals surface area (Å²) in [7, 11) is 0. The molecule has 1 heteroatoms. The molecule has 0 nitrogen and oxygen atoms in total. The molecule has 10 rings (SSSR count). The van der Waals surface area contributed by atoms with Crippen LogP contribution in [0.25, 0.3) is 96.6 Å². The Hall–Kier alpha value is -5.76. The summed E-state index contributed by atoms with van der Waals surface area (Å²) in [5.41, 5.74) is 7.64. The number of hydrogen-bond donors (Lipinski definition) is 0. The number of rotatable bonds is 3. The van der Waals surface area contributed by atoms with Gasteiger partial charge in [0.1, 0.15) is 0 Å². The number of thiophene rings is 1. The first-order valence-corrected chi connectivity index (χ1v) is 17.0. The van der Waals surface area contributed by atoms with Gasteiger partial charge in [0.15, 0.2) is 0 Å². The van der Waals surface area contributed by atoms with Gasteiger partial charge in [-0.15, -0.1) is 11.3 Å². The Morgan fingerprint density at radius 2 is 0.830 bits per heavy atom. The van der Waals surface area contributed by atoms with Crippen molar-refractivity contribution in [3.05, 3.63) is 170 Å². The van der Waals surface area contributed by atoms with Crippen LogP contribution in [0, 0.1) is 0 Å². The van der Waals surface area contributed by atoms with Gasteiger partial charge in [-0.25, -0.2) is 0 Å². The van der Waals surface area contributed by atoms with Crippen LogP contribution in [0.15, 0.2) is 170 Å². The van der Waals surface area contributed by atoms with Gasteiger partial charge in [0.2, 0.25) is 0 Å². The van der Waals surface area contributed by atoms with Gasteiger partial charge in [-0.05, 0) is 88.6 Å². The van der Waals surface area contributed by atoms with E-state index in [9.17, 15) is 0 Å². The molecule has 218 valence electrons. The van der Waals surface area contributed by atoms with E-state index in [1.54, 1.807) is 0 Å². The van der Waals surface area contributed by atoms with Crippen molar-refractivity contribution in [2.75, 3.05) is 0 Å². The van der Waals surface area contributed by atoms with Gasteiger partial charge in [0.05, 0.1) is 0 Å². The van der Waals surface area contributed by atoms with Crippen molar-refractivity contribution in [3.63, 3.8) is 0 Å². The standard InChI is InChI=1S/C46H28S/c1-3-17-33-29(12-1)14-10-24-36(33)44-39-21-7-5-19-37(39)43(38-20-6-8-22-40(38)44)32-16-9-15-31(28-32)35-23-11-25-41-45-34-18-4-2-13-30(34)26-27-42(45)47-46(35)41/h1-28H. The molecule has 0 saturated carbocycles. The van der Waals surface area contributed by atoms with E-state index in [1.807, 2.05) is 11.3 Å². The normalized spacial score (nSPS) is 11.8. The lowest BCUT2D eigenvalue weighted by atomic mass is 9.84. The smallest absolute Gasteiger partial charge is 0.0434 e. The minimum Gasteiger partial charge on any atom is -0.135 e. The summed E-state index contributed by atoms with van der Waals surface area (Å²) in [6.07, 6.45) is 0. The largest absolute Gasteiger partial charge is 0.135 e. The maximum absolute atomic E-state index is 2.41. The van der Waals surface area contributed by atoms with E-state index in [1.165, 1.54) is 96.6 Å². The summed E-state index contributed by atoms with van der Waals surface area (Å²) in [4.78, 5) is 0. The second-order valence-corrected chi connectivity index (χ2v) is 13.4. The summed E-state index contributed by atoms with van der Waals surface area (Å²) in [5.74, 6) is 0. The predicted octanol–water partition coefficient (Wildman–Crippen LogP) is 13.7. The minimum atomic E-state index is 1.24. The van der Waals surface area contributed by atoms with Crippen LogP contribution >= 0.6 is 11.3 Å². The Morgan fingerprint density at radius 1 is 0.319 bits per heavy atom. The van der Waals surface area contributed by atoms with Crippen molar-refractivity contribution in [2.45, 2.75) is 0 Å². The molecule has 0 unspecified atom stereocenters. The highest BCUT2D eigenvalue weighted by atomic mass is 32.1. The van der Waals surface area contributed by atoms with Gasteiger partial charge in [-0.3, -0.25) is 0 Å². The molecule has 0 fully saturated rings. The summed E-state index contributed by atoms with van der Waals surface area (Å²) in [5, 5.41) is 13.0. The van der Waals surface area contributed by atoms with E-state index in [-0.39, 0.29) is 0 Å². The molecule has 0 radical (unpaired) electrons. The summed E-state index contributed by atoms with van der Waals surface area (Å²) in [6.45, 7) is 0. The van der Waals surface area contributed by atoms with Crippen molar-refractivity contribution >= 4 is 74.6 Å². The second kappa shape index (κ2) is 10.4. The third-order valence-corrected chi connectivity index (χ3v) is 11.0. The Labute approximate surface area is 276 Å². The molecule has 0 spiro atoms. The maximum Gasteiger partial charge on any atom is 0.0434 e. The molecule has 0 amide bonds. The number of hydrogen-bond acceptors (Lipinski definition) is 1. The first-order chi connectivity index (χ1) is 23.3. The molecule has 0 N–H and O–H groups in total. The van der Waals surface area contributed by atoms with Gasteiger partial charge in [0, 0.05) is 20.2 Å². The van der Waals surface area contributed by atoms with Gasteiger partial charge >= 0.3 is 0 Å². The highest BCUT2D eigenvalue weighted by molar-refractivity contribution is 7.26. The molecule has 10 aromatic rings. The molecule has 47 heavy (non-hydrogen) atoms. The molecule has 0 aliphatic rings. The molecule has 1 aromatic heterocycles. The van der Waals surface area contributed by atoms with Crippen LogP contribution in [0.3, 0.4) is 0 Å². The van der Waals surface area contributed by atoms with Gasteiger partial charge in [-0.1, -0.05) is 158 Å². The second-order valence-electron chi connectivity index (χ2n) is 12.4. The van der Waals surface area contributed by atoms with E-state index in [4.69, 9.17) is 0 Å². The third-order valence-electron chi connectivity index (χ3n) is 9.84. The fraction of sp³-hybridized carbons (Fsp3) is 0. The number of benzene rings is 9. The van der Waals surface area contributed by atoms with Crippen molar-refractivity contribution in [3.8, 4) is 33.4 Å². The van der Waals surface area contributed by atoms with Crippen LogP contribution in [0.5, 0.6) is 0 Å². The quantitative estimate of drug-likeness (QED) is 0.174. The van der Waals surface area contributed by atoms with Crippen molar-refractivity contribution in [1.29, 1.82) is 0 Å². The first kappa shape index (κ1) is 26.5. The van der Waals surface area contributed by atoms with Crippen LogP contribution in [0.1, 0.15) is 0 Å². The summed E-state index contributed by atoms with van der Waals surface area (Å²) >= 11 is 1.91. The molecular weight excluding hydrogens is 585 g/mol. The van der Waals surface area contributed by atoms with E-state index >= 15 is 0 Å². The average Bonchev–Trinajstić information content (AvgIpc) is 3.53. The lowest BCUT2D eigenvalue weighted by Crippen LogP contribution is -1.92. The lowest BCUT2D eigenvalue weighted by Gasteiger charge is -2.19. The molecule has 0 atom stereocenters. The Balaban J connectivity index is 1.24. The van der Waals surface area contributed by atoms with E-state index in [0.717, 1.165) is 0 Å². The monoisotopic (exact) mass is 612 g/mol. The number of fused-ring (bicyclic) bond motifs is 8. The topological polar surface area (TPSA) is 0 Å². The maximum atomic E-state index is 2.41. The van der Waals surface area contributed by atoms with E-state index in [2.05, 4.69) is 170 Å². The van der Waals surface area contributed by atoms with E-state index < -0.39 is 0 Å². The zero-order valence-electron chi connectivity index (χ0n) is 25.6. The van der Waals surface area contributed by atoms with Gasteiger partial charge < -0.3 is 0 Å². The zero-order chi connectivity index (χ0) is 30.9. The van der Waals surface area contributed by atoms with Crippen LogP contribution in [-0.2, 0) is 0 Å². The zero-order valence-corrected chi connectivity index (χ0v) is 26.4. The highest BCUT2D eigenvalue weighted by Gasteiger charge is 2.19. The molecule has 0 aliphatic heterocycles. The Kier molecular flexibility index (Phi) is 5.85. The van der Waals surface area contributed by atoms with Crippen LogP contribution < -0.4 is 0 Å². The van der Waals surface area contributed by atoms with Crippen molar-refractivity contribution in [2.24, 2.45) is 0 Å². The SMILES string of the molecule is c1cc(-c2c3ccccc3c(-c3cccc4ccccc34)c3ccccc23)cc(-c2cccc3c2sc2ccc4ccccc4c23)c1. The highest BCUT2D eigenvalue weighted by Crippen LogP contribution is 2.47. The average molecular weight is 613 g/mol. The van der Waals surface area contributed by atoms with E-state index in [0.29, 0.717) is 0 Å². The van der Waals surface area contributed by atoms with Crippen LogP contribution in [0.2, 0.25) is 0 Å². The molecule has 0 bridgehead atoms. The lowest BCUT2D eigenvalue weighted by molar-refractivity contribution is 1.64. The molecule has 0 saturated heterocycles. The third kappa shape index (κ3) is 4.00. The van der Waals surface area contributed by atoms with Crippen LogP contribution in [-0.4, -0.2) is 0 Å². The predicted molar refractivity (Wildman–Crippen MR) is 206 cm³/mol. The van der Waals surface area contributed by atoms with Crippen LogP contribution in [0.4, 0.5) is 0 Å². The summed E-state index contributed by atoms with van der Waals surface area (Å²) in [6, 6.07) is 62.6. The van der Waals surface area contributed by atoms with Gasteiger partial charge in [-0.2, -0.15) is 0 Å². The molecule has 9 aromatic carbocycles. The first-order valence-electron chi connectivity index (χ1n) is 16.2. The fourth-order valence-electron chi connectivity index (χ4n) is 7.81. The molecule has 0 aliphatic carbocycles. The summed E-state index contributed by atoms with van der Waals surface area (Å²) < 4.78 is 2.68. The molecular formula is C46H28S. The molecule has 1 heterocycles. The van der Waals surface area contributed by atoms with Gasteiger partial charge in [0.25, 0.3) is 0 Å².